The van der Waals surface area contributed by atoms with Crippen LogP contribution in [0.4, 0.5) is 11.6 Å². The molecular weight excluding hydrogens is 250 g/mol. The van der Waals surface area contributed by atoms with Gasteiger partial charge in [0, 0.05) is 32.1 Å². The summed E-state index contributed by atoms with van der Waals surface area (Å²) in [6.07, 6.45) is 3.08. The Morgan fingerprint density at radius 3 is 2.20 bits per heavy atom. The minimum atomic E-state index is 0.903. The van der Waals surface area contributed by atoms with Gasteiger partial charge in [0.1, 0.15) is 17.5 Å². The highest BCUT2D eigenvalue weighted by Crippen LogP contribution is 2.12. The van der Waals surface area contributed by atoms with Gasteiger partial charge in [-0.05, 0) is 26.4 Å². The molecule has 0 spiro atoms. The van der Waals surface area contributed by atoms with Crippen LogP contribution in [-0.2, 0) is 6.42 Å². The molecule has 0 saturated carbocycles. The summed E-state index contributed by atoms with van der Waals surface area (Å²) in [7, 11) is 2.12. The van der Waals surface area contributed by atoms with Crippen molar-refractivity contribution in [1.82, 2.24) is 14.9 Å². The van der Waals surface area contributed by atoms with E-state index in [2.05, 4.69) is 53.3 Å². The molecule has 0 atom stereocenters. The van der Waals surface area contributed by atoms with Crippen LogP contribution in [0.2, 0.25) is 0 Å². The zero-order chi connectivity index (χ0) is 14.8. The van der Waals surface area contributed by atoms with Gasteiger partial charge in [-0.1, -0.05) is 20.8 Å². The van der Waals surface area contributed by atoms with Gasteiger partial charge in [0.25, 0.3) is 0 Å². The largest absolute Gasteiger partial charge is 0.370 e. The number of nitrogens with zero attached hydrogens (tertiary/aromatic N) is 3. The van der Waals surface area contributed by atoms with Crippen LogP contribution in [0.3, 0.4) is 0 Å². The molecule has 0 aliphatic rings. The van der Waals surface area contributed by atoms with Crippen LogP contribution in [-0.4, -0.2) is 48.1 Å². The van der Waals surface area contributed by atoms with Crippen molar-refractivity contribution in [3.05, 3.63) is 11.9 Å². The average Bonchev–Trinajstić information content (AvgIpc) is 2.45. The number of anilines is 2. The Balaban J connectivity index is 2.64. The highest BCUT2D eigenvalue weighted by molar-refractivity contribution is 5.47. The summed E-state index contributed by atoms with van der Waals surface area (Å²) in [6.45, 7) is 10.4. The number of likely N-dealkylation sites (N-methyl/N-ethyl adjacent to an activating group) is 1. The molecule has 1 aromatic rings. The highest BCUT2D eigenvalue weighted by atomic mass is 15.1. The van der Waals surface area contributed by atoms with Crippen LogP contribution in [0.25, 0.3) is 0 Å². The van der Waals surface area contributed by atoms with Crippen LogP contribution in [0.15, 0.2) is 6.07 Å². The molecule has 1 heterocycles. The molecule has 0 aromatic carbocycles. The average molecular weight is 279 g/mol. The van der Waals surface area contributed by atoms with Crippen molar-refractivity contribution >= 4 is 11.6 Å². The van der Waals surface area contributed by atoms with E-state index in [1.54, 1.807) is 0 Å². The van der Waals surface area contributed by atoms with Crippen LogP contribution in [0.1, 0.15) is 39.4 Å². The SMILES string of the molecule is CCCNc1cc(NCCN(C)CC)nc(CCC)n1. The standard InChI is InChI=1S/C15H29N5/c1-5-8-13-18-14(16-9-6-2)12-15(19-13)17-10-11-20(4)7-3/h12H,5-11H2,1-4H3,(H2,16,17,18,19). The Morgan fingerprint density at radius 2 is 1.65 bits per heavy atom. The van der Waals surface area contributed by atoms with Gasteiger partial charge >= 0.3 is 0 Å². The van der Waals surface area contributed by atoms with E-state index in [0.717, 1.165) is 62.9 Å². The molecule has 0 bridgehead atoms. The summed E-state index contributed by atoms with van der Waals surface area (Å²) in [5.74, 6) is 2.77. The first-order chi connectivity index (χ1) is 9.69. The molecule has 114 valence electrons. The quantitative estimate of drug-likeness (QED) is 0.689. The third kappa shape index (κ3) is 6.19. The maximum Gasteiger partial charge on any atom is 0.133 e. The van der Waals surface area contributed by atoms with Gasteiger partial charge in [0.2, 0.25) is 0 Å². The van der Waals surface area contributed by atoms with E-state index < -0.39 is 0 Å². The van der Waals surface area contributed by atoms with Crippen molar-refractivity contribution in [2.24, 2.45) is 0 Å². The number of aromatic nitrogens is 2. The maximum atomic E-state index is 4.57. The van der Waals surface area contributed by atoms with E-state index in [1.807, 2.05) is 6.07 Å². The third-order valence-corrected chi connectivity index (χ3v) is 3.14. The molecule has 0 fully saturated rings. The first kappa shape index (κ1) is 16.7. The lowest BCUT2D eigenvalue weighted by atomic mass is 10.3. The van der Waals surface area contributed by atoms with Gasteiger partial charge in [-0.25, -0.2) is 9.97 Å². The van der Waals surface area contributed by atoms with E-state index in [4.69, 9.17) is 0 Å². The lowest BCUT2D eigenvalue weighted by Crippen LogP contribution is -2.25. The van der Waals surface area contributed by atoms with Crippen molar-refractivity contribution in [2.45, 2.75) is 40.0 Å². The van der Waals surface area contributed by atoms with Gasteiger partial charge in [-0.2, -0.15) is 0 Å². The molecule has 0 unspecified atom stereocenters. The third-order valence-electron chi connectivity index (χ3n) is 3.14. The zero-order valence-corrected chi connectivity index (χ0v) is 13.4. The lowest BCUT2D eigenvalue weighted by molar-refractivity contribution is 0.367. The van der Waals surface area contributed by atoms with Gasteiger partial charge in [-0.15, -0.1) is 0 Å². The van der Waals surface area contributed by atoms with Crippen molar-refractivity contribution < 1.29 is 0 Å². The van der Waals surface area contributed by atoms with E-state index in [1.165, 1.54) is 0 Å². The molecule has 0 aliphatic carbocycles. The topological polar surface area (TPSA) is 53.1 Å². The fraction of sp³-hybridized carbons (Fsp3) is 0.733. The normalized spacial score (nSPS) is 10.8. The molecule has 1 aromatic heterocycles. The van der Waals surface area contributed by atoms with E-state index >= 15 is 0 Å². The fourth-order valence-corrected chi connectivity index (χ4v) is 1.80. The lowest BCUT2D eigenvalue weighted by Gasteiger charge is -2.15. The van der Waals surface area contributed by atoms with Crippen LogP contribution >= 0.6 is 0 Å². The number of aryl methyl sites for hydroxylation is 1. The minimum absolute atomic E-state index is 0.903. The Kier molecular flexibility index (Phi) is 7.95. The summed E-state index contributed by atoms with van der Waals surface area (Å²) in [6, 6.07) is 2.00. The molecule has 20 heavy (non-hydrogen) atoms. The van der Waals surface area contributed by atoms with Crippen molar-refractivity contribution in [3.8, 4) is 0 Å². The molecule has 0 radical (unpaired) electrons. The highest BCUT2D eigenvalue weighted by Gasteiger charge is 2.04. The van der Waals surface area contributed by atoms with Crippen LogP contribution in [0.5, 0.6) is 0 Å². The van der Waals surface area contributed by atoms with Crippen LogP contribution < -0.4 is 10.6 Å². The predicted octanol–water partition coefficient (Wildman–Crippen LogP) is 2.61. The van der Waals surface area contributed by atoms with Crippen molar-refractivity contribution in [2.75, 3.05) is 43.9 Å². The van der Waals surface area contributed by atoms with Gasteiger partial charge < -0.3 is 15.5 Å². The first-order valence-electron chi connectivity index (χ1n) is 7.73. The second-order valence-electron chi connectivity index (χ2n) is 5.05. The summed E-state index contributed by atoms with van der Waals surface area (Å²) in [5, 5.41) is 6.74. The van der Waals surface area contributed by atoms with Gasteiger partial charge in [-0.3, -0.25) is 0 Å². The molecule has 0 amide bonds. The number of nitrogens with one attached hydrogen (secondary N) is 2. The Morgan fingerprint density at radius 1 is 1.00 bits per heavy atom. The van der Waals surface area contributed by atoms with Crippen molar-refractivity contribution in [1.29, 1.82) is 0 Å². The predicted molar refractivity (Wildman–Crippen MR) is 86.5 cm³/mol. The fourth-order valence-electron chi connectivity index (χ4n) is 1.80. The first-order valence-corrected chi connectivity index (χ1v) is 7.73. The smallest absolute Gasteiger partial charge is 0.133 e. The van der Waals surface area contributed by atoms with Crippen molar-refractivity contribution in [3.63, 3.8) is 0 Å². The second-order valence-corrected chi connectivity index (χ2v) is 5.05. The minimum Gasteiger partial charge on any atom is -0.370 e. The molecule has 1 rings (SSSR count). The van der Waals surface area contributed by atoms with Gasteiger partial charge in [0.15, 0.2) is 0 Å². The zero-order valence-electron chi connectivity index (χ0n) is 13.4. The van der Waals surface area contributed by atoms with E-state index in [0.29, 0.717) is 0 Å². The molecule has 5 heteroatoms. The monoisotopic (exact) mass is 279 g/mol. The van der Waals surface area contributed by atoms with Gasteiger partial charge in [0.05, 0.1) is 0 Å². The summed E-state index contributed by atoms with van der Waals surface area (Å²) in [4.78, 5) is 11.4. The molecule has 0 aliphatic heterocycles. The summed E-state index contributed by atoms with van der Waals surface area (Å²) < 4.78 is 0. The molecule has 2 N–H and O–H groups in total. The summed E-state index contributed by atoms with van der Waals surface area (Å²) >= 11 is 0. The Bertz CT molecular complexity index is 381. The van der Waals surface area contributed by atoms with E-state index in [9.17, 15) is 0 Å². The Hall–Kier alpha value is -1.36. The second kappa shape index (κ2) is 9.53. The summed E-state index contributed by atoms with van der Waals surface area (Å²) in [5.41, 5.74) is 0. The number of hydrogen-bond acceptors (Lipinski definition) is 5. The maximum absolute atomic E-state index is 4.57. The molecule has 0 saturated heterocycles. The molecular formula is C15H29N5. The Labute approximate surface area is 123 Å². The van der Waals surface area contributed by atoms with Crippen LogP contribution in [0, 0.1) is 0 Å². The number of hydrogen-bond donors (Lipinski definition) is 2. The van der Waals surface area contributed by atoms with E-state index in [-0.39, 0.29) is 0 Å². The number of rotatable bonds is 10. The molecule has 5 nitrogen and oxygen atoms in total.